The third-order valence-corrected chi connectivity index (χ3v) is 3.26. The number of anilines is 1. The van der Waals surface area contributed by atoms with Crippen LogP contribution >= 0.6 is 0 Å². The van der Waals surface area contributed by atoms with Gasteiger partial charge in [-0.3, -0.25) is 9.89 Å². The highest BCUT2D eigenvalue weighted by Crippen LogP contribution is 2.18. The van der Waals surface area contributed by atoms with Crippen molar-refractivity contribution in [2.75, 3.05) is 5.73 Å². The first-order valence-corrected chi connectivity index (χ1v) is 6.29. The average Bonchev–Trinajstić information content (AvgIpc) is 3.01. The highest BCUT2D eigenvalue weighted by molar-refractivity contribution is 5.98. The first-order chi connectivity index (χ1) is 9.63. The molecule has 0 spiro atoms. The number of aromatic nitrogens is 3. The van der Waals surface area contributed by atoms with E-state index in [1.807, 2.05) is 19.1 Å². The molecule has 0 saturated carbocycles. The van der Waals surface area contributed by atoms with E-state index in [4.69, 9.17) is 5.73 Å². The smallest absolute Gasteiger partial charge is 0.267 e. The van der Waals surface area contributed by atoms with Gasteiger partial charge in [0, 0.05) is 34.4 Å². The van der Waals surface area contributed by atoms with Gasteiger partial charge in [-0.15, -0.1) is 0 Å². The Kier molecular flexibility index (Phi) is 2.90. The number of aryl methyl sites for hydroxylation is 1. The minimum atomic E-state index is -0.152. The molecule has 0 aliphatic heterocycles. The Morgan fingerprint density at radius 2 is 2.25 bits per heavy atom. The van der Waals surface area contributed by atoms with E-state index in [0.29, 0.717) is 17.9 Å². The van der Waals surface area contributed by atoms with Crippen LogP contribution in [0.5, 0.6) is 0 Å². The maximum atomic E-state index is 12.1. The van der Waals surface area contributed by atoms with E-state index >= 15 is 0 Å². The van der Waals surface area contributed by atoms with Gasteiger partial charge >= 0.3 is 0 Å². The second kappa shape index (κ2) is 4.73. The van der Waals surface area contributed by atoms with Crippen molar-refractivity contribution < 1.29 is 4.79 Å². The van der Waals surface area contributed by atoms with E-state index in [-0.39, 0.29) is 5.91 Å². The van der Waals surface area contributed by atoms with Crippen LogP contribution < -0.4 is 11.1 Å². The zero-order chi connectivity index (χ0) is 14.1. The summed E-state index contributed by atoms with van der Waals surface area (Å²) in [7, 11) is 0. The minimum absolute atomic E-state index is 0.152. The Hall–Kier alpha value is -2.76. The molecule has 6 heteroatoms. The molecular formula is C14H15N5O. The van der Waals surface area contributed by atoms with Gasteiger partial charge in [-0.05, 0) is 31.2 Å². The largest absolute Gasteiger partial charge is 0.399 e. The van der Waals surface area contributed by atoms with E-state index < -0.39 is 0 Å². The molecule has 5 N–H and O–H groups in total. The van der Waals surface area contributed by atoms with E-state index in [9.17, 15) is 4.79 Å². The van der Waals surface area contributed by atoms with Crippen LogP contribution in [0.4, 0.5) is 5.69 Å². The number of nitrogens with two attached hydrogens (primary N) is 1. The lowest BCUT2D eigenvalue weighted by Gasteiger charge is -2.02. The van der Waals surface area contributed by atoms with Crippen molar-refractivity contribution in [1.29, 1.82) is 0 Å². The van der Waals surface area contributed by atoms with Crippen molar-refractivity contribution in [3.63, 3.8) is 0 Å². The molecule has 0 saturated heterocycles. The maximum absolute atomic E-state index is 12.1. The summed E-state index contributed by atoms with van der Waals surface area (Å²) in [4.78, 5) is 15.2. The van der Waals surface area contributed by atoms with Gasteiger partial charge in [0.2, 0.25) is 0 Å². The summed E-state index contributed by atoms with van der Waals surface area (Å²) < 4.78 is 0. The summed E-state index contributed by atoms with van der Waals surface area (Å²) in [5, 5.41) is 10.5. The molecular weight excluding hydrogens is 254 g/mol. The van der Waals surface area contributed by atoms with E-state index in [1.54, 1.807) is 18.3 Å². The summed E-state index contributed by atoms with van der Waals surface area (Å²) in [5.41, 5.74) is 9.74. The average molecular weight is 269 g/mol. The van der Waals surface area contributed by atoms with Crippen LogP contribution in [-0.4, -0.2) is 21.1 Å². The normalized spacial score (nSPS) is 10.8. The summed E-state index contributed by atoms with van der Waals surface area (Å²) in [6.45, 7) is 2.36. The lowest BCUT2D eigenvalue weighted by Crippen LogP contribution is -2.23. The topological polar surface area (TPSA) is 99.6 Å². The predicted molar refractivity (Wildman–Crippen MR) is 77.2 cm³/mol. The number of amides is 1. The van der Waals surface area contributed by atoms with Crippen LogP contribution in [0.3, 0.4) is 0 Å². The fraction of sp³-hybridized carbons (Fsp3) is 0.143. The van der Waals surface area contributed by atoms with Gasteiger partial charge < -0.3 is 16.0 Å². The second-order valence-electron chi connectivity index (χ2n) is 4.73. The Morgan fingerprint density at radius 3 is 3.00 bits per heavy atom. The summed E-state index contributed by atoms with van der Waals surface area (Å²) in [5.74, 6) is -0.152. The Balaban J connectivity index is 1.77. The van der Waals surface area contributed by atoms with Crippen LogP contribution in [-0.2, 0) is 6.54 Å². The van der Waals surface area contributed by atoms with Crippen LogP contribution in [0.2, 0.25) is 0 Å². The molecule has 3 aromatic rings. The standard InChI is InChI=1S/C14H15N5O/c1-8-10(7-17-19-8)6-16-14(20)13-5-9-4-11(15)2-3-12(9)18-13/h2-5,7,18H,6,15H2,1H3,(H,16,20)(H,17,19). The predicted octanol–water partition coefficient (Wildman–Crippen LogP) is 1.71. The Morgan fingerprint density at radius 1 is 1.40 bits per heavy atom. The van der Waals surface area contributed by atoms with Crippen molar-refractivity contribution in [2.24, 2.45) is 0 Å². The molecule has 1 aromatic carbocycles. The third-order valence-electron chi connectivity index (χ3n) is 3.26. The number of H-pyrrole nitrogens is 2. The Bertz CT molecular complexity index is 771. The van der Waals surface area contributed by atoms with Crippen molar-refractivity contribution in [3.05, 3.63) is 47.4 Å². The molecule has 6 nitrogen and oxygen atoms in total. The highest BCUT2D eigenvalue weighted by Gasteiger charge is 2.10. The number of hydrogen-bond acceptors (Lipinski definition) is 3. The molecule has 3 rings (SSSR count). The van der Waals surface area contributed by atoms with E-state index in [2.05, 4.69) is 20.5 Å². The van der Waals surface area contributed by atoms with Crippen LogP contribution in [0, 0.1) is 6.92 Å². The van der Waals surface area contributed by atoms with Gasteiger partial charge in [0.15, 0.2) is 0 Å². The summed E-state index contributed by atoms with van der Waals surface area (Å²) in [6.07, 6.45) is 1.71. The molecule has 0 fully saturated rings. The molecule has 0 aliphatic rings. The fourth-order valence-corrected chi connectivity index (χ4v) is 2.10. The molecule has 2 heterocycles. The number of carbonyl (C=O) groups excluding carboxylic acids is 1. The van der Waals surface area contributed by atoms with Gasteiger partial charge in [0.1, 0.15) is 5.69 Å². The zero-order valence-corrected chi connectivity index (χ0v) is 11.0. The van der Waals surface area contributed by atoms with E-state index in [1.165, 1.54) is 0 Å². The molecule has 0 aliphatic carbocycles. The number of nitrogens with zero attached hydrogens (tertiary/aromatic N) is 1. The van der Waals surface area contributed by atoms with Crippen molar-refractivity contribution in [3.8, 4) is 0 Å². The van der Waals surface area contributed by atoms with Crippen molar-refractivity contribution >= 4 is 22.5 Å². The first-order valence-electron chi connectivity index (χ1n) is 6.29. The number of hydrogen-bond donors (Lipinski definition) is 4. The number of fused-ring (bicyclic) bond motifs is 1. The van der Waals surface area contributed by atoms with Gasteiger partial charge in [-0.1, -0.05) is 0 Å². The monoisotopic (exact) mass is 269 g/mol. The third kappa shape index (κ3) is 2.23. The van der Waals surface area contributed by atoms with Gasteiger partial charge in [0.05, 0.1) is 6.20 Å². The molecule has 0 radical (unpaired) electrons. The van der Waals surface area contributed by atoms with Crippen molar-refractivity contribution in [2.45, 2.75) is 13.5 Å². The molecule has 20 heavy (non-hydrogen) atoms. The minimum Gasteiger partial charge on any atom is -0.399 e. The number of benzene rings is 1. The second-order valence-corrected chi connectivity index (χ2v) is 4.73. The molecule has 0 bridgehead atoms. The van der Waals surface area contributed by atoms with Crippen LogP contribution in [0.25, 0.3) is 10.9 Å². The fourth-order valence-electron chi connectivity index (χ4n) is 2.10. The number of aromatic amines is 2. The number of carbonyl (C=O) groups is 1. The lowest BCUT2D eigenvalue weighted by atomic mass is 10.2. The van der Waals surface area contributed by atoms with Gasteiger partial charge in [-0.25, -0.2) is 0 Å². The van der Waals surface area contributed by atoms with Gasteiger partial charge in [0.25, 0.3) is 5.91 Å². The van der Waals surface area contributed by atoms with Crippen molar-refractivity contribution in [1.82, 2.24) is 20.5 Å². The molecule has 102 valence electrons. The quantitative estimate of drug-likeness (QED) is 0.545. The van der Waals surface area contributed by atoms with Crippen LogP contribution in [0.1, 0.15) is 21.7 Å². The Labute approximate surface area is 115 Å². The van der Waals surface area contributed by atoms with Gasteiger partial charge in [-0.2, -0.15) is 5.10 Å². The van der Waals surface area contributed by atoms with Crippen LogP contribution in [0.15, 0.2) is 30.5 Å². The number of rotatable bonds is 3. The zero-order valence-electron chi connectivity index (χ0n) is 11.0. The molecule has 1 amide bonds. The summed E-state index contributed by atoms with van der Waals surface area (Å²) >= 11 is 0. The molecule has 2 aromatic heterocycles. The first kappa shape index (κ1) is 12.3. The van der Waals surface area contributed by atoms with E-state index in [0.717, 1.165) is 22.2 Å². The maximum Gasteiger partial charge on any atom is 0.267 e. The number of nitrogen functional groups attached to an aromatic ring is 1. The lowest BCUT2D eigenvalue weighted by molar-refractivity contribution is 0.0946. The molecule has 0 atom stereocenters. The summed E-state index contributed by atoms with van der Waals surface area (Å²) in [6, 6.07) is 7.29. The molecule has 0 unspecified atom stereocenters. The SMILES string of the molecule is Cc1[nH]ncc1CNC(=O)c1cc2cc(N)ccc2[nH]1. The highest BCUT2D eigenvalue weighted by atomic mass is 16.1. The number of nitrogens with one attached hydrogen (secondary N) is 3.